The van der Waals surface area contributed by atoms with Crippen molar-refractivity contribution in [2.45, 2.75) is 33.2 Å². The van der Waals surface area contributed by atoms with E-state index < -0.39 is 0 Å². The number of fused-ring (bicyclic) bond motifs is 1. The first kappa shape index (κ1) is 11.6. The third kappa shape index (κ3) is 3.06. The maximum absolute atomic E-state index is 4.52. The van der Waals surface area contributed by atoms with Crippen LogP contribution >= 0.6 is 11.3 Å². The number of thiazole rings is 1. The fraction of sp³-hybridized carbons (Fsp3) is 0.583. The zero-order chi connectivity index (χ0) is 11.4. The maximum Gasteiger partial charge on any atom is 0.193 e. The zero-order valence-corrected chi connectivity index (χ0v) is 10.8. The van der Waals surface area contributed by atoms with Crippen molar-refractivity contribution in [3.63, 3.8) is 0 Å². The number of hydrogen-bond donors (Lipinski definition) is 1. The average Bonchev–Trinajstić information content (AvgIpc) is 2.76. The molecule has 2 aromatic heterocycles. The second-order valence-electron chi connectivity index (χ2n) is 4.54. The van der Waals surface area contributed by atoms with Crippen LogP contribution in [0, 0.1) is 5.92 Å². The normalized spacial score (nSPS) is 11.7. The fourth-order valence-electron chi connectivity index (χ4n) is 1.71. The van der Waals surface area contributed by atoms with E-state index in [1.54, 1.807) is 11.3 Å². The van der Waals surface area contributed by atoms with Gasteiger partial charge in [0.1, 0.15) is 0 Å². The van der Waals surface area contributed by atoms with Gasteiger partial charge in [-0.05, 0) is 25.3 Å². The number of hydrogen-bond acceptors (Lipinski definition) is 3. The highest BCUT2D eigenvalue weighted by atomic mass is 32.1. The van der Waals surface area contributed by atoms with E-state index in [1.807, 2.05) is 0 Å². The van der Waals surface area contributed by atoms with Crippen LogP contribution in [0.2, 0.25) is 0 Å². The highest BCUT2D eigenvalue weighted by molar-refractivity contribution is 7.15. The van der Waals surface area contributed by atoms with Gasteiger partial charge in [-0.3, -0.25) is 4.40 Å². The van der Waals surface area contributed by atoms with E-state index >= 15 is 0 Å². The molecule has 16 heavy (non-hydrogen) atoms. The molecule has 0 aliphatic heterocycles. The molecule has 0 spiro atoms. The van der Waals surface area contributed by atoms with Crippen LogP contribution in [0.3, 0.4) is 0 Å². The van der Waals surface area contributed by atoms with Crippen molar-refractivity contribution in [2.24, 2.45) is 5.92 Å². The lowest BCUT2D eigenvalue weighted by Gasteiger charge is -2.04. The molecule has 88 valence electrons. The minimum Gasteiger partial charge on any atom is -0.311 e. The number of nitrogens with one attached hydrogen (secondary N) is 1. The Hall–Kier alpha value is -0.870. The Bertz CT molecular complexity index is 402. The predicted molar refractivity (Wildman–Crippen MR) is 68.8 cm³/mol. The lowest BCUT2D eigenvalue weighted by molar-refractivity contribution is 0.526. The van der Waals surface area contributed by atoms with Gasteiger partial charge in [0.2, 0.25) is 0 Å². The van der Waals surface area contributed by atoms with E-state index in [-0.39, 0.29) is 0 Å². The molecule has 3 nitrogen and oxygen atoms in total. The smallest absolute Gasteiger partial charge is 0.193 e. The highest BCUT2D eigenvalue weighted by Gasteiger charge is 2.01. The van der Waals surface area contributed by atoms with Crippen molar-refractivity contribution in [2.75, 3.05) is 6.54 Å². The standard InChI is InChI=1S/C12H19N3S/c1-10(2)4-3-5-13-8-11-9-15-6-7-16-12(15)14-11/h6-7,9-10,13H,3-5,8H2,1-2H3. The van der Waals surface area contributed by atoms with Crippen LogP contribution in [0.5, 0.6) is 0 Å². The quantitative estimate of drug-likeness (QED) is 0.783. The Morgan fingerprint density at radius 3 is 3.12 bits per heavy atom. The molecule has 2 rings (SSSR count). The fourth-order valence-corrected chi connectivity index (χ4v) is 2.43. The molecule has 0 saturated carbocycles. The molecule has 0 fully saturated rings. The van der Waals surface area contributed by atoms with Crippen molar-refractivity contribution < 1.29 is 0 Å². The summed E-state index contributed by atoms with van der Waals surface area (Å²) in [6.45, 7) is 6.50. The lowest BCUT2D eigenvalue weighted by Crippen LogP contribution is -2.15. The van der Waals surface area contributed by atoms with Crippen LogP contribution < -0.4 is 5.32 Å². The van der Waals surface area contributed by atoms with Crippen LogP contribution in [0.15, 0.2) is 17.8 Å². The second kappa shape index (κ2) is 5.46. The summed E-state index contributed by atoms with van der Waals surface area (Å²) < 4.78 is 2.08. The number of aromatic nitrogens is 2. The molecule has 0 amide bonds. The SMILES string of the molecule is CC(C)CCCNCc1cn2ccsc2n1. The van der Waals surface area contributed by atoms with Crippen molar-refractivity contribution in [1.82, 2.24) is 14.7 Å². The minimum atomic E-state index is 0.805. The van der Waals surface area contributed by atoms with Gasteiger partial charge in [-0.25, -0.2) is 4.98 Å². The van der Waals surface area contributed by atoms with Gasteiger partial charge in [0, 0.05) is 24.3 Å². The van der Waals surface area contributed by atoms with Gasteiger partial charge >= 0.3 is 0 Å². The summed E-state index contributed by atoms with van der Waals surface area (Å²) in [5, 5.41) is 5.49. The first-order valence-corrected chi connectivity index (χ1v) is 6.75. The second-order valence-corrected chi connectivity index (χ2v) is 5.41. The van der Waals surface area contributed by atoms with Crippen molar-refractivity contribution in [1.29, 1.82) is 0 Å². The number of imidazole rings is 1. The predicted octanol–water partition coefficient (Wildman–Crippen LogP) is 2.92. The van der Waals surface area contributed by atoms with Gasteiger partial charge < -0.3 is 5.32 Å². The Kier molecular flexibility index (Phi) is 3.96. The topological polar surface area (TPSA) is 29.3 Å². The van der Waals surface area contributed by atoms with Crippen molar-refractivity contribution >= 4 is 16.3 Å². The zero-order valence-electron chi connectivity index (χ0n) is 9.94. The first-order chi connectivity index (χ1) is 7.75. The molecule has 0 aliphatic rings. The Morgan fingerprint density at radius 1 is 1.50 bits per heavy atom. The summed E-state index contributed by atoms with van der Waals surface area (Å²) in [5.74, 6) is 0.805. The number of rotatable bonds is 6. The molecule has 2 aromatic rings. The number of nitrogens with zero attached hydrogens (tertiary/aromatic N) is 2. The van der Waals surface area contributed by atoms with Crippen LogP contribution in [-0.4, -0.2) is 15.9 Å². The van der Waals surface area contributed by atoms with Gasteiger partial charge in [-0.15, -0.1) is 11.3 Å². The molecule has 0 radical (unpaired) electrons. The highest BCUT2D eigenvalue weighted by Crippen LogP contribution is 2.11. The van der Waals surface area contributed by atoms with Crippen LogP contribution in [0.1, 0.15) is 32.4 Å². The van der Waals surface area contributed by atoms with Gasteiger partial charge in [0.25, 0.3) is 0 Å². The molecule has 0 bridgehead atoms. The largest absolute Gasteiger partial charge is 0.311 e. The molecule has 0 aliphatic carbocycles. The minimum absolute atomic E-state index is 0.805. The van der Waals surface area contributed by atoms with Gasteiger partial charge in [0.05, 0.1) is 5.69 Å². The summed E-state index contributed by atoms with van der Waals surface area (Å²) in [6.07, 6.45) is 6.70. The van der Waals surface area contributed by atoms with E-state index in [9.17, 15) is 0 Å². The average molecular weight is 237 g/mol. The summed E-state index contributed by atoms with van der Waals surface area (Å²) in [5.41, 5.74) is 1.14. The summed E-state index contributed by atoms with van der Waals surface area (Å²) in [7, 11) is 0. The monoisotopic (exact) mass is 237 g/mol. The summed E-state index contributed by atoms with van der Waals surface area (Å²) in [6, 6.07) is 0. The molecular weight excluding hydrogens is 218 g/mol. The molecule has 0 aromatic carbocycles. The van der Waals surface area contributed by atoms with E-state index in [1.165, 1.54) is 12.8 Å². The van der Waals surface area contributed by atoms with Crippen LogP contribution in [0.25, 0.3) is 4.96 Å². The van der Waals surface area contributed by atoms with Crippen molar-refractivity contribution in [3.05, 3.63) is 23.5 Å². The van der Waals surface area contributed by atoms with E-state index in [4.69, 9.17) is 0 Å². The third-order valence-corrected chi connectivity index (χ3v) is 3.36. The molecular formula is C12H19N3S. The summed E-state index contributed by atoms with van der Waals surface area (Å²) >= 11 is 1.68. The lowest BCUT2D eigenvalue weighted by atomic mass is 10.1. The molecule has 1 N–H and O–H groups in total. The van der Waals surface area contributed by atoms with Crippen LogP contribution in [0.4, 0.5) is 0 Å². The molecule has 0 atom stereocenters. The van der Waals surface area contributed by atoms with E-state index in [0.717, 1.165) is 29.7 Å². The Balaban J connectivity index is 1.72. The van der Waals surface area contributed by atoms with E-state index in [0.29, 0.717) is 0 Å². The molecule has 2 heterocycles. The Labute approximate surface area is 101 Å². The maximum atomic E-state index is 4.52. The summed E-state index contributed by atoms with van der Waals surface area (Å²) in [4.78, 5) is 5.61. The third-order valence-electron chi connectivity index (χ3n) is 2.58. The first-order valence-electron chi connectivity index (χ1n) is 5.87. The molecule has 0 unspecified atom stereocenters. The van der Waals surface area contributed by atoms with Gasteiger partial charge in [-0.2, -0.15) is 0 Å². The molecule has 0 saturated heterocycles. The van der Waals surface area contributed by atoms with Gasteiger partial charge in [0.15, 0.2) is 4.96 Å². The molecule has 4 heteroatoms. The van der Waals surface area contributed by atoms with Gasteiger partial charge in [-0.1, -0.05) is 13.8 Å². The Morgan fingerprint density at radius 2 is 2.38 bits per heavy atom. The van der Waals surface area contributed by atoms with E-state index in [2.05, 4.69) is 46.3 Å². The van der Waals surface area contributed by atoms with Crippen LogP contribution in [-0.2, 0) is 6.54 Å². The van der Waals surface area contributed by atoms with Crippen molar-refractivity contribution in [3.8, 4) is 0 Å².